The number of Topliss-reactive ketones (excluding diaryl/α,β-unsaturated/α-hetero) is 2. The van der Waals surface area contributed by atoms with Crippen LogP contribution in [0.1, 0.15) is 38.5 Å². The van der Waals surface area contributed by atoms with Crippen LogP contribution in [0.5, 0.6) is 0 Å². The lowest BCUT2D eigenvalue weighted by atomic mass is 9.49. The van der Waals surface area contributed by atoms with E-state index in [0.717, 1.165) is 19.3 Å². The van der Waals surface area contributed by atoms with Crippen molar-refractivity contribution in [1.82, 2.24) is 0 Å². The van der Waals surface area contributed by atoms with Gasteiger partial charge in [-0.1, -0.05) is 5.04 Å². The standard InChI is InChI=1S/C17H20F2O9S/c18-17(19,29-28-27-24)15(23)25-7-12(20)3-13(21)26-8-16-4-9-1-10(5-16)14(22)11(2-9)6-16/h9-11,24H,1-8H2. The van der Waals surface area contributed by atoms with Gasteiger partial charge in [0.05, 0.1) is 6.61 Å². The van der Waals surface area contributed by atoms with Gasteiger partial charge in [-0.05, 0) is 38.0 Å². The first-order valence-electron chi connectivity index (χ1n) is 9.06. The van der Waals surface area contributed by atoms with Crippen molar-refractivity contribution in [3.05, 3.63) is 0 Å². The molecular weight excluding hydrogens is 418 g/mol. The molecule has 4 saturated carbocycles. The van der Waals surface area contributed by atoms with Crippen molar-refractivity contribution in [2.45, 2.75) is 43.8 Å². The summed E-state index contributed by atoms with van der Waals surface area (Å²) in [6.45, 7) is -0.932. The van der Waals surface area contributed by atoms with Gasteiger partial charge in [-0.2, -0.15) is 8.78 Å². The summed E-state index contributed by atoms with van der Waals surface area (Å²) >= 11 is -0.819. The molecule has 0 radical (unpaired) electrons. The molecule has 4 fully saturated rings. The minimum absolute atomic E-state index is 0.0285. The Kier molecular flexibility index (Phi) is 6.56. The Labute approximate surface area is 168 Å². The molecule has 4 rings (SSSR count). The Balaban J connectivity index is 1.40. The third-order valence-corrected chi connectivity index (χ3v) is 6.28. The molecular formula is C17H20F2O9S. The largest absolute Gasteiger partial charge is 0.465 e. The third kappa shape index (κ3) is 5.11. The van der Waals surface area contributed by atoms with Crippen LogP contribution in [-0.2, 0) is 38.0 Å². The highest BCUT2D eigenvalue weighted by molar-refractivity contribution is 7.96. The van der Waals surface area contributed by atoms with Gasteiger partial charge in [0.15, 0.2) is 12.4 Å². The highest BCUT2D eigenvalue weighted by Gasteiger charge is 2.55. The van der Waals surface area contributed by atoms with E-state index >= 15 is 0 Å². The molecule has 0 aromatic rings. The lowest BCUT2D eigenvalue weighted by molar-refractivity contribution is -0.433. The molecule has 0 heterocycles. The highest BCUT2D eigenvalue weighted by atomic mass is 32.2. The van der Waals surface area contributed by atoms with Gasteiger partial charge in [-0.25, -0.2) is 10.1 Å². The van der Waals surface area contributed by atoms with Crippen LogP contribution in [0.2, 0.25) is 0 Å². The fraction of sp³-hybridized carbons (Fsp3) is 0.765. The fourth-order valence-electron chi connectivity index (χ4n) is 4.90. The van der Waals surface area contributed by atoms with Crippen molar-refractivity contribution in [2.24, 2.45) is 23.2 Å². The number of hydrogen-bond donors (Lipinski definition) is 1. The van der Waals surface area contributed by atoms with Gasteiger partial charge < -0.3 is 9.47 Å². The Bertz CT molecular complexity index is 680. The van der Waals surface area contributed by atoms with Gasteiger partial charge in [0.2, 0.25) is 0 Å². The summed E-state index contributed by atoms with van der Waals surface area (Å²) in [7, 11) is 0. The number of rotatable bonds is 10. The van der Waals surface area contributed by atoms with Crippen LogP contribution in [0.15, 0.2) is 0 Å². The predicted molar refractivity (Wildman–Crippen MR) is 89.9 cm³/mol. The summed E-state index contributed by atoms with van der Waals surface area (Å²) in [4.78, 5) is 47.0. The topological polar surface area (TPSA) is 125 Å². The summed E-state index contributed by atoms with van der Waals surface area (Å²) in [6, 6.07) is 0. The number of ether oxygens (including phenoxy) is 2. The normalized spacial score (nSPS) is 30.3. The minimum Gasteiger partial charge on any atom is -0.465 e. The smallest absolute Gasteiger partial charge is 0.415 e. The van der Waals surface area contributed by atoms with Crippen LogP contribution in [0.25, 0.3) is 0 Å². The second-order valence-corrected chi connectivity index (χ2v) is 8.76. The number of alkyl halides is 2. The molecule has 0 saturated heterocycles. The quantitative estimate of drug-likeness (QED) is 0.178. The average molecular weight is 438 g/mol. The van der Waals surface area contributed by atoms with Crippen LogP contribution < -0.4 is 0 Å². The third-order valence-electron chi connectivity index (χ3n) is 5.77. The number of halogens is 2. The second-order valence-electron chi connectivity index (χ2n) is 7.94. The number of ketones is 2. The molecule has 4 aliphatic carbocycles. The molecule has 2 atom stereocenters. The molecule has 0 amide bonds. The van der Waals surface area contributed by atoms with Gasteiger partial charge >= 0.3 is 17.2 Å². The Morgan fingerprint density at radius 1 is 1.14 bits per heavy atom. The molecule has 1 N–H and O–H groups in total. The molecule has 0 aromatic carbocycles. The Morgan fingerprint density at radius 3 is 2.41 bits per heavy atom. The summed E-state index contributed by atoms with van der Waals surface area (Å²) < 4.78 is 39.2. The first-order chi connectivity index (χ1) is 13.6. The first-order valence-corrected chi connectivity index (χ1v) is 9.80. The van der Waals surface area contributed by atoms with E-state index in [0.29, 0.717) is 24.5 Å². The van der Waals surface area contributed by atoms with Crippen molar-refractivity contribution < 1.29 is 52.1 Å². The molecule has 0 aliphatic heterocycles. The minimum atomic E-state index is -4.22. The molecule has 0 aromatic heterocycles. The van der Waals surface area contributed by atoms with Gasteiger partial charge in [0.25, 0.3) is 0 Å². The van der Waals surface area contributed by atoms with Gasteiger partial charge in [-0.3, -0.25) is 14.4 Å². The van der Waals surface area contributed by atoms with Gasteiger partial charge in [-0.15, -0.1) is 4.33 Å². The van der Waals surface area contributed by atoms with Crippen molar-refractivity contribution in [3.8, 4) is 0 Å². The van der Waals surface area contributed by atoms with E-state index in [1.165, 1.54) is 0 Å². The second kappa shape index (κ2) is 8.62. The van der Waals surface area contributed by atoms with Crippen molar-refractivity contribution in [3.63, 3.8) is 0 Å². The van der Waals surface area contributed by atoms with E-state index in [-0.39, 0.29) is 23.9 Å². The lowest BCUT2D eigenvalue weighted by Crippen LogP contribution is -2.53. The molecule has 4 bridgehead atoms. The average Bonchev–Trinajstić information content (AvgIpc) is 2.66. The van der Waals surface area contributed by atoms with E-state index in [1.54, 1.807) is 0 Å². The van der Waals surface area contributed by atoms with E-state index in [4.69, 9.17) is 9.99 Å². The monoisotopic (exact) mass is 438 g/mol. The van der Waals surface area contributed by atoms with E-state index in [2.05, 4.69) is 14.1 Å². The summed E-state index contributed by atoms with van der Waals surface area (Å²) in [6.07, 6.45) is 3.32. The zero-order chi connectivity index (χ0) is 21.2. The molecule has 0 spiro atoms. The van der Waals surface area contributed by atoms with Crippen LogP contribution >= 0.6 is 12.0 Å². The summed E-state index contributed by atoms with van der Waals surface area (Å²) in [5.74, 6) is -3.02. The molecule has 9 nitrogen and oxygen atoms in total. The Hall–Kier alpha value is -1.63. The molecule has 12 heteroatoms. The number of esters is 2. The molecule has 2 unspecified atom stereocenters. The number of carbonyl (C=O) groups is 4. The maximum atomic E-state index is 13.2. The van der Waals surface area contributed by atoms with E-state index < -0.39 is 48.0 Å². The highest BCUT2D eigenvalue weighted by Crippen LogP contribution is 2.58. The van der Waals surface area contributed by atoms with Crippen LogP contribution in [-0.4, -0.2) is 47.2 Å². The van der Waals surface area contributed by atoms with E-state index in [1.807, 2.05) is 0 Å². The summed E-state index contributed by atoms with van der Waals surface area (Å²) in [5, 5.41) is 6.54. The molecule has 29 heavy (non-hydrogen) atoms. The summed E-state index contributed by atoms with van der Waals surface area (Å²) in [5.41, 5.74) is -0.232. The van der Waals surface area contributed by atoms with Gasteiger partial charge in [0.1, 0.15) is 24.2 Å². The predicted octanol–water partition coefficient (Wildman–Crippen LogP) is 2.09. The first kappa shape index (κ1) is 22.1. The lowest BCUT2D eigenvalue weighted by Gasteiger charge is -2.55. The van der Waals surface area contributed by atoms with Gasteiger partial charge in [0, 0.05) is 17.3 Å². The zero-order valence-electron chi connectivity index (χ0n) is 15.3. The number of hydrogen-bond acceptors (Lipinski definition) is 10. The fourth-order valence-corrected chi connectivity index (χ4v) is 5.15. The van der Waals surface area contributed by atoms with Crippen molar-refractivity contribution in [2.75, 3.05) is 13.2 Å². The zero-order valence-corrected chi connectivity index (χ0v) is 16.1. The van der Waals surface area contributed by atoms with Crippen molar-refractivity contribution in [1.29, 1.82) is 0 Å². The Morgan fingerprint density at radius 2 is 1.79 bits per heavy atom. The molecule has 162 valence electrons. The van der Waals surface area contributed by atoms with Crippen molar-refractivity contribution >= 4 is 35.5 Å². The molecule has 4 aliphatic rings. The maximum Gasteiger partial charge on any atom is 0.415 e. The SMILES string of the molecule is O=C(COC(=O)C(F)(F)SOOO)CC(=O)OCC12CC3CC(C1)C(=O)C(C3)C2. The maximum absolute atomic E-state index is 13.2. The number of carbonyl (C=O) groups excluding carboxylic acids is 4. The van der Waals surface area contributed by atoms with Crippen LogP contribution in [0.3, 0.4) is 0 Å². The van der Waals surface area contributed by atoms with Crippen LogP contribution in [0.4, 0.5) is 8.78 Å². The van der Waals surface area contributed by atoms with Crippen LogP contribution in [0, 0.1) is 23.2 Å². The van der Waals surface area contributed by atoms with E-state index in [9.17, 15) is 28.0 Å².